The van der Waals surface area contributed by atoms with E-state index in [1.165, 1.54) is 11.1 Å². The van der Waals surface area contributed by atoms with E-state index in [0.29, 0.717) is 17.8 Å². The summed E-state index contributed by atoms with van der Waals surface area (Å²) in [6.45, 7) is 11.3. The Kier molecular flexibility index (Phi) is 3.74. The average Bonchev–Trinajstić information content (AvgIpc) is 2.26. The fraction of sp³-hybridized carbons (Fsp3) is 0.571. The first-order chi connectivity index (χ1) is 6.50. The van der Waals surface area contributed by atoms with Gasteiger partial charge in [-0.3, -0.25) is 0 Å². The monoisotopic (exact) mass is 190 g/mol. The Morgan fingerprint density at radius 3 is 2.07 bits per heavy atom. The van der Waals surface area contributed by atoms with Gasteiger partial charge in [-0.05, 0) is 28.9 Å². The fourth-order valence-corrected chi connectivity index (χ4v) is 1.63. The molecule has 0 nitrogen and oxygen atoms in total. The zero-order chi connectivity index (χ0) is 10.7. The van der Waals surface area contributed by atoms with Crippen LogP contribution in [0.25, 0.3) is 0 Å². The molecule has 1 rings (SSSR count). The van der Waals surface area contributed by atoms with Crippen molar-refractivity contribution in [1.29, 1.82) is 0 Å². The topological polar surface area (TPSA) is 0 Å². The third kappa shape index (κ3) is 2.87. The van der Waals surface area contributed by atoms with Crippen molar-refractivity contribution in [3.8, 4) is 0 Å². The highest BCUT2D eigenvalue weighted by molar-refractivity contribution is 5.36. The van der Waals surface area contributed by atoms with Gasteiger partial charge in [-0.15, -0.1) is 0 Å². The lowest BCUT2D eigenvalue weighted by Crippen LogP contribution is -1.95. The zero-order valence-corrected chi connectivity index (χ0v) is 10.0. The van der Waals surface area contributed by atoms with E-state index in [9.17, 15) is 0 Å². The number of rotatable bonds is 2. The van der Waals surface area contributed by atoms with Gasteiger partial charge in [-0.25, -0.2) is 0 Å². The summed E-state index contributed by atoms with van der Waals surface area (Å²) in [5.41, 5.74) is 2.93. The van der Waals surface area contributed by atoms with Crippen LogP contribution < -0.4 is 0 Å². The highest BCUT2D eigenvalue weighted by atomic mass is 14.1. The van der Waals surface area contributed by atoms with Crippen LogP contribution in [0.15, 0.2) is 35.5 Å². The van der Waals surface area contributed by atoms with Gasteiger partial charge in [0.05, 0.1) is 0 Å². The molecule has 0 fully saturated rings. The Bertz CT molecular complexity index is 274. The van der Waals surface area contributed by atoms with Crippen molar-refractivity contribution in [1.82, 2.24) is 0 Å². The Morgan fingerprint density at radius 2 is 1.57 bits per heavy atom. The van der Waals surface area contributed by atoms with Crippen LogP contribution in [0.2, 0.25) is 0 Å². The van der Waals surface area contributed by atoms with E-state index in [-0.39, 0.29) is 0 Å². The number of hydrogen-bond donors (Lipinski definition) is 0. The van der Waals surface area contributed by atoms with Crippen LogP contribution in [-0.4, -0.2) is 0 Å². The van der Waals surface area contributed by atoms with Crippen LogP contribution in [-0.2, 0) is 0 Å². The summed E-state index contributed by atoms with van der Waals surface area (Å²) in [6.07, 6.45) is 9.30. The SMILES string of the molecule is CC1C=CC(C(C)C)=CC(C(C)C)=C1. The largest absolute Gasteiger partial charge is 0.0776 e. The molecule has 0 saturated carbocycles. The molecule has 1 atom stereocenters. The minimum Gasteiger partial charge on any atom is -0.0776 e. The first kappa shape index (κ1) is 11.3. The van der Waals surface area contributed by atoms with Crippen LogP contribution in [0, 0.1) is 17.8 Å². The normalized spacial score (nSPS) is 22.4. The Labute approximate surface area is 88.4 Å². The molecule has 0 N–H and O–H groups in total. The fourth-order valence-electron chi connectivity index (χ4n) is 1.63. The predicted molar refractivity (Wildman–Crippen MR) is 64.1 cm³/mol. The lowest BCUT2D eigenvalue weighted by Gasteiger charge is -2.10. The molecule has 0 aliphatic heterocycles. The molecule has 14 heavy (non-hydrogen) atoms. The molecule has 78 valence electrons. The summed E-state index contributed by atoms with van der Waals surface area (Å²) >= 11 is 0. The summed E-state index contributed by atoms with van der Waals surface area (Å²) in [5.74, 6) is 1.82. The van der Waals surface area contributed by atoms with E-state index in [4.69, 9.17) is 0 Å². The first-order valence-electron chi connectivity index (χ1n) is 5.62. The molecule has 0 saturated heterocycles. The average molecular weight is 190 g/mol. The molecule has 1 unspecified atom stereocenters. The maximum absolute atomic E-state index is 2.37. The molecule has 1 aliphatic carbocycles. The molecule has 0 aromatic carbocycles. The number of allylic oxidation sites excluding steroid dienone is 6. The minimum absolute atomic E-state index is 0.569. The summed E-state index contributed by atoms with van der Waals surface area (Å²) in [7, 11) is 0. The predicted octanol–water partition coefficient (Wildman–Crippen LogP) is 4.36. The van der Waals surface area contributed by atoms with E-state index in [1.54, 1.807) is 0 Å². The van der Waals surface area contributed by atoms with Gasteiger partial charge in [0.1, 0.15) is 0 Å². The molecule has 0 amide bonds. The maximum Gasteiger partial charge on any atom is -0.00727 e. The quantitative estimate of drug-likeness (QED) is 0.607. The Balaban J connectivity index is 2.99. The molecule has 0 spiro atoms. The summed E-state index contributed by atoms with van der Waals surface area (Å²) in [5, 5.41) is 0. The van der Waals surface area contributed by atoms with Crippen LogP contribution in [0.5, 0.6) is 0 Å². The molecule has 0 heteroatoms. The van der Waals surface area contributed by atoms with Gasteiger partial charge in [0.15, 0.2) is 0 Å². The van der Waals surface area contributed by atoms with Gasteiger partial charge in [0.25, 0.3) is 0 Å². The lowest BCUT2D eigenvalue weighted by atomic mass is 9.96. The van der Waals surface area contributed by atoms with Gasteiger partial charge in [-0.1, -0.05) is 58.9 Å². The smallest absolute Gasteiger partial charge is 0.00727 e. The summed E-state index contributed by atoms with van der Waals surface area (Å²) in [6, 6.07) is 0. The van der Waals surface area contributed by atoms with E-state index in [1.807, 2.05) is 0 Å². The highest BCUT2D eigenvalue weighted by Gasteiger charge is 2.09. The van der Waals surface area contributed by atoms with Gasteiger partial charge in [0.2, 0.25) is 0 Å². The third-order valence-electron chi connectivity index (χ3n) is 2.71. The van der Waals surface area contributed by atoms with Gasteiger partial charge in [0, 0.05) is 0 Å². The second-order valence-corrected chi connectivity index (χ2v) is 4.84. The molecule has 0 aromatic heterocycles. The second-order valence-electron chi connectivity index (χ2n) is 4.84. The molecule has 0 radical (unpaired) electrons. The van der Waals surface area contributed by atoms with E-state index in [0.717, 1.165) is 0 Å². The molecule has 0 aromatic rings. The minimum atomic E-state index is 0.569. The maximum atomic E-state index is 2.37. The van der Waals surface area contributed by atoms with Gasteiger partial charge >= 0.3 is 0 Å². The molecule has 1 aliphatic rings. The van der Waals surface area contributed by atoms with Crippen molar-refractivity contribution in [2.45, 2.75) is 34.6 Å². The lowest BCUT2D eigenvalue weighted by molar-refractivity contribution is 0.759. The van der Waals surface area contributed by atoms with Crippen molar-refractivity contribution in [3.63, 3.8) is 0 Å². The molecule has 0 heterocycles. The van der Waals surface area contributed by atoms with E-state index >= 15 is 0 Å². The Morgan fingerprint density at radius 1 is 1.00 bits per heavy atom. The molecular weight excluding hydrogens is 168 g/mol. The van der Waals surface area contributed by atoms with E-state index in [2.05, 4.69) is 58.9 Å². The van der Waals surface area contributed by atoms with Crippen molar-refractivity contribution in [3.05, 3.63) is 35.5 Å². The van der Waals surface area contributed by atoms with Crippen molar-refractivity contribution in [2.24, 2.45) is 17.8 Å². The Hall–Kier alpha value is -0.780. The molecular formula is C14H22. The first-order valence-corrected chi connectivity index (χ1v) is 5.62. The zero-order valence-electron chi connectivity index (χ0n) is 10.0. The van der Waals surface area contributed by atoms with Crippen molar-refractivity contribution in [2.75, 3.05) is 0 Å². The third-order valence-corrected chi connectivity index (χ3v) is 2.71. The van der Waals surface area contributed by atoms with Crippen LogP contribution in [0.4, 0.5) is 0 Å². The second kappa shape index (κ2) is 4.63. The van der Waals surface area contributed by atoms with Crippen molar-refractivity contribution >= 4 is 0 Å². The standard InChI is InChI=1S/C14H22/c1-10(2)13-7-6-12(5)8-14(9-13)11(3)4/h6-12H,1-5H3. The highest BCUT2D eigenvalue weighted by Crippen LogP contribution is 2.24. The van der Waals surface area contributed by atoms with Crippen LogP contribution in [0.1, 0.15) is 34.6 Å². The van der Waals surface area contributed by atoms with Crippen LogP contribution >= 0.6 is 0 Å². The van der Waals surface area contributed by atoms with Gasteiger partial charge in [-0.2, -0.15) is 0 Å². The number of hydrogen-bond acceptors (Lipinski definition) is 0. The molecule has 0 bridgehead atoms. The van der Waals surface area contributed by atoms with E-state index < -0.39 is 0 Å². The van der Waals surface area contributed by atoms with Gasteiger partial charge < -0.3 is 0 Å². The summed E-state index contributed by atoms with van der Waals surface area (Å²) < 4.78 is 0. The summed E-state index contributed by atoms with van der Waals surface area (Å²) in [4.78, 5) is 0. The van der Waals surface area contributed by atoms with Crippen LogP contribution in [0.3, 0.4) is 0 Å². The van der Waals surface area contributed by atoms with Crippen molar-refractivity contribution < 1.29 is 0 Å².